The summed E-state index contributed by atoms with van der Waals surface area (Å²) < 4.78 is 39.2. The van der Waals surface area contributed by atoms with Gasteiger partial charge in [-0.05, 0) is 18.6 Å². The zero-order valence-electron chi connectivity index (χ0n) is 18.7. The van der Waals surface area contributed by atoms with E-state index in [-0.39, 0.29) is 41.6 Å². The van der Waals surface area contributed by atoms with Crippen molar-refractivity contribution in [2.24, 2.45) is 4.99 Å². The van der Waals surface area contributed by atoms with E-state index in [1.807, 2.05) is 19.1 Å². The Hall–Kier alpha value is -3.84. The number of hydrogen-bond donors (Lipinski definition) is 2. The van der Waals surface area contributed by atoms with Crippen molar-refractivity contribution in [3.05, 3.63) is 65.2 Å². The van der Waals surface area contributed by atoms with Gasteiger partial charge in [-0.1, -0.05) is 23.9 Å². The van der Waals surface area contributed by atoms with Crippen LogP contribution in [0.25, 0.3) is 0 Å². The third-order valence-electron chi connectivity index (χ3n) is 4.81. The second kappa shape index (κ2) is 10.6. The third-order valence-corrected chi connectivity index (χ3v) is 5.74. The molecule has 10 nitrogen and oxygen atoms in total. The number of halogens is 2. The summed E-state index contributed by atoms with van der Waals surface area (Å²) in [6.07, 6.45) is 1.24. The molecule has 0 unspecified atom stereocenters. The van der Waals surface area contributed by atoms with Crippen molar-refractivity contribution in [3.63, 3.8) is 0 Å². The fraction of sp³-hybridized carbons (Fsp3) is 0.227. The first-order valence-corrected chi connectivity index (χ1v) is 11.2. The number of amidine groups is 1. The number of ether oxygens (including phenoxy) is 2. The van der Waals surface area contributed by atoms with Crippen LogP contribution in [0.1, 0.15) is 17.0 Å². The molecule has 182 valence electrons. The number of aliphatic imine (C=N–C) groups is 1. The van der Waals surface area contributed by atoms with Crippen LogP contribution in [-0.4, -0.2) is 45.1 Å². The van der Waals surface area contributed by atoms with Gasteiger partial charge in [-0.15, -0.1) is 0 Å². The smallest absolute Gasteiger partial charge is 0.347 e. The number of carbonyl (C=O) groups is 2. The van der Waals surface area contributed by atoms with E-state index in [1.54, 1.807) is 6.07 Å². The normalized spacial score (nSPS) is 14.6. The number of H-pyrrole nitrogens is 1. The fourth-order valence-corrected chi connectivity index (χ4v) is 4.15. The number of hydrogen-bond acceptors (Lipinski definition) is 7. The largest absolute Gasteiger partial charge is 0.479 e. The molecule has 2 aromatic carbocycles. The first-order chi connectivity index (χ1) is 16.9. The third kappa shape index (κ3) is 5.63. The summed E-state index contributed by atoms with van der Waals surface area (Å²) in [5.41, 5.74) is 2.04. The van der Waals surface area contributed by atoms with Crippen molar-refractivity contribution >= 4 is 40.2 Å². The van der Waals surface area contributed by atoms with Gasteiger partial charge in [-0.2, -0.15) is 10.1 Å². The Morgan fingerprint density at radius 2 is 2.03 bits per heavy atom. The van der Waals surface area contributed by atoms with Crippen LogP contribution < -0.4 is 15.0 Å². The van der Waals surface area contributed by atoms with Crippen molar-refractivity contribution in [3.8, 4) is 5.75 Å². The van der Waals surface area contributed by atoms with Crippen LogP contribution in [0.2, 0.25) is 0 Å². The molecule has 1 aromatic heterocycles. The minimum Gasteiger partial charge on any atom is -0.479 e. The van der Waals surface area contributed by atoms with E-state index in [0.717, 1.165) is 35.0 Å². The summed E-state index contributed by atoms with van der Waals surface area (Å²) in [5.74, 6) is -2.55. The molecule has 3 aromatic rings. The van der Waals surface area contributed by atoms with E-state index in [0.29, 0.717) is 5.69 Å². The monoisotopic (exact) mass is 502 g/mol. The molecule has 2 N–H and O–H groups in total. The number of aryl methyl sites for hydroxylation is 1. The zero-order valence-corrected chi connectivity index (χ0v) is 19.5. The number of nitrogens with zero attached hydrogens (tertiary/aromatic N) is 4. The summed E-state index contributed by atoms with van der Waals surface area (Å²) >= 11 is 1.08. The predicted octanol–water partition coefficient (Wildman–Crippen LogP) is 3.78. The van der Waals surface area contributed by atoms with E-state index in [9.17, 15) is 18.4 Å². The van der Waals surface area contributed by atoms with Crippen molar-refractivity contribution in [1.29, 1.82) is 0 Å². The van der Waals surface area contributed by atoms with Gasteiger partial charge in [0.25, 0.3) is 0 Å². The van der Waals surface area contributed by atoms with Crippen LogP contribution in [0.4, 0.5) is 25.0 Å². The minimum absolute atomic E-state index is 0.0902. The molecule has 4 rings (SSSR count). The van der Waals surface area contributed by atoms with E-state index in [2.05, 4.69) is 25.5 Å². The lowest BCUT2D eigenvalue weighted by atomic mass is 10.1. The highest BCUT2D eigenvalue weighted by molar-refractivity contribution is 8.15. The second-order valence-corrected chi connectivity index (χ2v) is 8.34. The number of methoxy groups -OCH3 is 1. The van der Waals surface area contributed by atoms with Crippen LogP contribution in [0.5, 0.6) is 5.75 Å². The molecular formula is C22H20F2N6O4S. The van der Waals surface area contributed by atoms with Crippen molar-refractivity contribution in [2.45, 2.75) is 20.1 Å². The molecular weight excluding hydrogens is 482 g/mol. The molecule has 0 aliphatic carbocycles. The second-order valence-electron chi connectivity index (χ2n) is 7.40. The molecule has 3 amide bonds. The lowest BCUT2D eigenvalue weighted by Gasteiger charge is -2.20. The number of nitrogens with one attached hydrogen (secondary N) is 2. The van der Waals surface area contributed by atoms with Gasteiger partial charge in [0, 0.05) is 30.5 Å². The molecule has 1 aliphatic heterocycles. The van der Waals surface area contributed by atoms with E-state index < -0.39 is 23.4 Å². The summed E-state index contributed by atoms with van der Waals surface area (Å²) in [5, 5.41) is 8.59. The number of urea groups is 1. The molecule has 2 heterocycles. The Morgan fingerprint density at radius 1 is 1.26 bits per heavy atom. The maximum Gasteiger partial charge on any atom is 0.347 e. The summed E-state index contributed by atoms with van der Waals surface area (Å²) in [7, 11) is 1.54. The summed E-state index contributed by atoms with van der Waals surface area (Å²) in [6.45, 7) is 1.91. The predicted molar refractivity (Wildman–Crippen MR) is 125 cm³/mol. The Morgan fingerprint density at radius 3 is 2.71 bits per heavy atom. The van der Waals surface area contributed by atoms with E-state index >= 15 is 0 Å². The standard InChI is InChI=1S/C22H20F2N6O4S/c1-12-3-4-13(8-33-2)17(5-12)30-19(31)10-35-22(30)28-21(32)27-14-6-15(23)20(16(24)7-14)34-9-18-25-11-26-29-18/h3-7,11H,8-10H2,1-2H3,(H,27,32)(H,25,26,29)/b28-22-. The van der Waals surface area contributed by atoms with Gasteiger partial charge in [0.1, 0.15) is 12.9 Å². The summed E-state index contributed by atoms with van der Waals surface area (Å²) in [4.78, 5) is 34.2. The van der Waals surface area contributed by atoms with Crippen LogP contribution in [-0.2, 0) is 22.7 Å². The van der Waals surface area contributed by atoms with Crippen LogP contribution in [0.3, 0.4) is 0 Å². The minimum atomic E-state index is -1.02. The number of carbonyl (C=O) groups excluding carboxylic acids is 2. The van der Waals surface area contributed by atoms with Crippen molar-refractivity contribution < 1.29 is 27.8 Å². The van der Waals surface area contributed by atoms with Gasteiger partial charge < -0.3 is 14.8 Å². The SMILES string of the molecule is COCc1ccc(C)cc1N1C(=O)CS/C1=N\C(=O)Nc1cc(F)c(OCc2ncn[nH]2)c(F)c1. The Balaban J connectivity index is 1.52. The van der Waals surface area contributed by atoms with Gasteiger partial charge in [-0.3, -0.25) is 14.8 Å². The molecule has 1 saturated heterocycles. The lowest BCUT2D eigenvalue weighted by molar-refractivity contribution is -0.115. The first kappa shape index (κ1) is 24.3. The van der Waals surface area contributed by atoms with Gasteiger partial charge in [0.2, 0.25) is 5.91 Å². The van der Waals surface area contributed by atoms with E-state index in [1.165, 1.54) is 18.3 Å². The fourth-order valence-electron chi connectivity index (χ4n) is 3.29. The van der Waals surface area contributed by atoms with Gasteiger partial charge in [0.15, 0.2) is 28.4 Å². The molecule has 0 saturated carbocycles. The molecule has 13 heteroatoms. The first-order valence-electron chi connectivity index (χ1n) is 10.3. The topological polar surface area (TPSA) is 122 Å². The highest BCUT2D eigenvalue weighted by atomic mass is 32.2. The van der Waals surface area contributed by atoms with Crippen molar-refractivity contribution in [2.75, 3.05) is 23.1 Å². The molecule has 1 fully saturated rings. The Kier molecular flexibility index (Phi) is 7.36. The van der Waals surface area contributed by atoms with Gasteiger partial charge in [0.05, 0.1) is 18.0 Å². The van der Waals surface area contributed by atoms with Gasteiger partial charge >= 0.3 is 6.03 Å². The summed E-state index contributed by atoms with van der Waals surface area (Å²) in [6, 6.07) is 6.42. The molecule has 0 radical (unpaired) electrons. The number of aromatic amines is 1. The number of anilines is 2. The maximum absolute atomic E-state index is 14.4. The number of rotatable bonds is 7. The zero-order chi connectivity index (χ0) is 24.9. The number of aromatic nitrogens is 3. The molecule has 0 spiro atoms. The Labute approximate surface area is 202 Å². The highest BCUT2D eigenvalue weighted by Gasteiger charge is 2.32. The number of thioether (sulfide) groups is 1. The molecule has 0 atom stereocenters. The highest BCUT2D eigenvalue weighted by Crippen LogP contribution is 2.31. The quantitative estimate of drug-likeness (QED) is 0.504. The van der Waals surface area contributed by atoms with Gasteiger partial charge in [-0.25, -0.2) is 18.6 Å². The molecule has 35 heavy (non-hydrogen) atoms. The van der Waals surface area contributed by atoms with E-state index in [4.69, 9.17) is 9.47 Å². The molecule has 1 aliphatic rings. The van der Waals surface area contributed by atoms with Crippen LogP contribution in [0, 0.1) is 18.6 Å². The molecule has 0 bridgehead atoms. The van der Waals surface area contributed by atoms with Crippen LogP contribution >= 0.6 is 11.8 Å². The Bertz CT molecular complexity index is 1260. The maximum atomic E-state index is 14.4. The van der Waals surface area contributed by atoms with Crippen LogP contribution in [0.15, 0.2) is 41.7 Å². The average Bonchev–Trinajstić information content (AvgIpc) is 3.44. The number of amides is 3. The lowest BCUT2D eigenvalue weighted by Crippen LogP contribution is -2.31. The number of benzene rings is 2. The van der Waals surface area contributed by atoms with Crippen molar-refractivity contribution in [1.82, 2.24) is 15.2 Å². The average molecular weight is 503 g/mol.